The average molecular weight is 369 g/mol. The van der Waals surface area contributed by atoms with Gasteiger partial charge in [-0.2, -0.15) is 0 Å². The van der Waals surface area contributed by atoms with E-state index in [2.05, 4.69) is 5.32 Å². The Hall–Kier alpha value is -2.96. The van der Waals surface area contributed by atoms with Crippen LogP contribution in [0.15, 0.2) is 36.4 Å². The van der Waals surface area contributed by atoms with Crippen LogP contribution >= 0.6 is 0 Å². The lowest BCUT2D eigenvalue weighted by Crippen LogP contribution is -2.44. The van der Waals surface area contributed by atoms with E-state index in [1.807, 2.05) is 31.2 Å². The number of benzene rings is 1. The van der Waals surface area contributed by atoms with E-state index in [-0.39, 0.29) is 42.6 Å². The molecule has 1 saturated heterocycles. The molecule has 1 aromatic carbocycles. The fraction of sp³-hybridized carbons (Fsp3) is 0.400. The maximum atomic E-state index is 12.4. The molecule has 1 aliphatic carbocycles. The molecule has 0 radical (unpaired) electrons. The number of carbonyl (C=O) groups excluding carboxylic acids is 4. The van der Waals surface area contributed by atoms with Crippen molar-refractivity contribution in [2.24, 2.45) is 11.8 Å². The summed E-state index contributed by atoms with van der Waals surface area (Å²) in [5.74, 6) is -2.08. The lowest BCUT2D eigenvalue weighted by atomic mass is 9.85. The van der Waals surface area contributed by atoms with Gasteiger partial charge in [0.2, 0.25) is 23.6 Å². The summed E-state index contributed by atoms with van der Waals surface area (Å²) in [6, 6.07) is 7.32. The number of amides is 4. The third-order valence-electron chi connectivity index (χ3n) is 5.03. The van der Waals surface area contributed by atoms with Crippen molar-refractivity contribution < 1.29 is 19.2 Å². The highest BCUT2D eigenvalue weighted by molar-refractivity contribution is 6.07. The molecule has 0 aromatic heterocycles. The molecular formula is C20H23N3O4. The molecule has 7 nitrogen and oxygen atoms in total. The molecule has 1 aliphatic heterocycles. The molecule has 3 rings (SSSR count). The number of hydrogen-bond donors (Lipinski definition) is 1. The number of likely N-dealkylation sites (tertiary alicyclic amines) is 1. The predicted molar refractivity (Wildman–Crippen MR) is 99.5 cm³/mol. The summed E-state index contributed by atoms with van der Waals surface area (Å²) in [5, 5.41) is 2.72. The van der Waals surface area contributed by atoms with Gasteiger partial charge in [0, 0.05) is 12.7 Å². The lowest BCUT2D eigenvalue weighted by Gasteiger charge is -2.20. The standard InChI is InChI=1S/C20H23N3O4/c1-13-7-9-14(10-8-13)21-17(24)11-22(2)18(25)12-23-19(26)15-5-3-4-6-16(15)20(23)27/h3-4,7-10,15-16H,5-6,11-12H2,1-2H3,(H,21,24)/t15-,16+. The number of likely N-dealkylation sites (N-methyl/N-ethyl adjacent to an activating group) is 1. The molecule has 1 N–H and O–H groups in total. The van der Waals surface area contributed by atoms with Crippen molar-refractivity contribution in [3.63, 3.8) is 0 Å². The maximum Gasteiger partial charge on any atom is 0.243 e. The minimum atomic E-state index is -0.442. The van der Waals surface area contributed by atoms with Crippen LogP contribution in [0.1, 0.15) is 18.4 Å². The molecule has 7 heteroatoms. The van der Waals surface area contributed by atoms with Crippen LogP contribution in [-0.4, -0.2) is 53.6 Å². The first kappa shape index (κ1) is 18.8. The number of carbonyl (C=O) groups is 4. The third kappa shape index (κ3) is 4.07. The Balaban J connectivity index is 1.54. The van der Waals surface area contributed by atoms with Crippen molar-refractivity contribution in [2.75, 3.05) is 25.5 Å². The molecule has 142 valence electrons. The van der Waals surface area contributed by atoms with Crippen molar-refractivity contribution >= 4 is 29.3 Å². The van der Waals surface area contributed by atoms with Gasteiger partial charge < -0.3 is 10.2 Å². The number of imide groups is 1. The highest BCUT2D eigenvalue weighted by atomic mass is 16.2. The summed E-state index contributed by atoms with van der Waals surface area (Å²) >= 11 is 0. The highest BCUT2D eigenvalue weighted by Crippen LogP contribution is 2.34. The summed E-state index contributed by atoms with van der Waals surface area (Å²) in [6.45, 7) is 1.47. The molecular weight excluding hydrogens is 346 g/mol. The van der Waals surface area contributed by atoms with E-state index in [0.717, 1.165) is 10.5 Å². The van der Waals surface area contributed by atoms with E-state index < -0.39 is 5.91 Å². The van der Waals surface area contributed by atoms with E-state index in [1.54, 1.807) is 12.1 Å². The van der Waals surface area contributed by atoms with Gasteiger partial charge in [0.15, 0.2) is 0 Å². The number of nitrogens with zero attached hydrogens (tertiary/aromatic N) is 2. The number of nitrogens with one attached hydrogen (secondary N) is 1. The molecule has 1 fully saturated rings. The highest BCUT2D eigenvalue weighted by Gasteiger charge is 2.47. The van der Waals surface area contributed by atoms with Crippen molar-refractivity contribution in [1.29, 1.82) is 0 Å². The molecule has 2 atom stereocenters. The maximum absolute atomic E-state index is 12.4. The number of aryl methyl sites for hydroxylation is 1. The topological polar surface area (TPSA) is 86.8 Å². The molecule has 4 amide bonds. The molecule has 2 aliphatic rings. The van der Waals surface area contributed by atoms with Gasteiger partial charge in [-0.15, -0.1) is 0 Å². The zero-order valence-electron chi connectivity index (χ0n) is 15.5. The van der Waals surface area contributed by atoms with Crippen LogP contribution in [0.25, 0.3) is 0 Å². The van der Waals surface area contributed by atoms with Gasteiger partial charge in [0.05, 0.1) is 18.4 Å². The summed E-state index contributed by atoms with van der Waals surface area (Å²) < 4.78 is 0. The van der Waals surface area contributed by atoms with Crippen LogP contribution in [-0.2, 0) is 19.2 Å². The van der Waals surface area contributed by atoms with Crippen molar-refractivity contribution in [1.82, 2.24) is 9.80 Å². The lowest BCUT2D eigenvalue weighted by molar-refractivity contribution is -0.146. The first-order valence-electron chi connectivity index (χ1n) is 8.97. The van der Waals surface area contributed by atoms with Crippen LogP contribution in [0, 0.1) is 18.8 Å². The van der Waals surface area contributed by atoms with Crippen molar-refractivity contribution in [2.45, 2.75) is 19.8 Å². The van der Waals surface area contributed by atoms with Gasteiger partial charge in [-0.1, -0.05) is 29.8 Å². The van der Waals surface area contributed by atoms with Crippen LogP contribution in [0.2, 0.25) is 0 Å². The van der Waals surface area contributed by atoms with Gasteiger partial charge in [-0.05, 0) is 31.9 Å². The minimum absolute atomic E-state index is 0.155. The van der Waals surface area contributed by atoms with E-state index >= 15 is 0 Å². The monoisotopic (exact) mass is 369 g/mol. The Kier molecular flexibility index (Phi) is 5.39. The zero-order valence-corrected chi connectivity index (χ0v) is 15.5. The SMILES string of the molecule is Cc1ccc(NC(=O)CN(C)C(=O)CN2C(=O)[C@H]3CC=CC[C@H]3C2=O)cc1. The normalized spacial score (nSPS) is 21.2. The number of fused-ring (bicyclic) bond motifs is 1. The van der Waals surface area contributed by atoms with Crippen molar-refractivity contribution in [3.05, 3.63) is 42.0 Å². The van der Waals surface area contributed by atoms with Crippen LogP contribution in [0.4, 0.5) is 5.69 Å². The predicted octanol–water partition coefficient (Wildman–Crippen LogP) is 1.34. The number of anilines is 1. The third-order valence-corrected chi connectivity index (χ3v) is 5.03. The second-order valence-corrected chi connectivity index (χ2v) is 7.08. The fourth-order valence-electron chi connectivity index (χ4n) is 3.42. The summed E-state index contributed by atoms with van der Waals surface area (Å²) in [6.07, 6.45) is 4.88. The van der Waals surface area contributed by atoms with Crippen LogP contribution < -0.4 is 5.32 Å². The van der Waals surface area contributed by atoms with Gasteiger partial charge >= 0.3 is 0 Å². The average Bonchev–Trinajstić information content (AvgIpc) is 2.89. The molecule has 1 aromatic rings. The number of rotatable bonds is 5. The Bertz CT molecular complexity index is 774. The Morgan fingerprint density at radius 3 is 2.19 bits per heavy atom. The van der Waals surface area contributed by atoms with Crippen molar-refractivity contribution in [3.8, 4) is 0 Å². The van der Waals surface area contributed by atoms with E-state index in [4.69, 9.17) is 0 Å². The smallest absolute Gasteiger partial charge is 0.243 e. The summed E-state index contributed by atoms with van der Waals surface area (Å²) in [5.41, 5.74) is 1.73. The van der Waals surface area contributed by atoms with E-state index in [9.17, 15) is 19.2 Å². The molecule has 27 heavy (non-hydrogen) atoms. The number of allylic oxidation sites excluding steroid dienone is 2. The fourth-order valence-corrected chi connectivity index (χ4v) is 3.42. The second kappa shape index (κ2) is 7.73. The Labute approximate surface area is 158 Å². The van der Waals surface area contributed by atoms with Gasteiger partial charge in [0.1, 0.15) is 6.54 Å². The molecule has 0 spiro atoms. The largest absolute Gasteiger partial charge is 0.335 e. The first-order valence-corrected chi connectivity index (χ1v) is 8.97. The summed E-state index contributed by atoms with van der Waals surface area (Å²) in [4.78, 5) is 51.6. The van der Waals surface area contributed by atoms with E-state index in [0.29, 0.717) is 18.5 Å². The summed E-state index contributed by atoms with van der Waals surface area (Å²) in [7, 11) is 1.48. The quantitative estimate of drug-likeness (QED) is 0.627. The second-order valence-electron chi connectivity index (χ2n) is 7.08. The molecule has 1 heterocycles. The van der Waals surface area contributed by atoms with Crippen LogP contribution in [0.5, 0.6) is 0 Å². The zero-order chi connectivity index (χ0) is 19.6. The number of hydrogen-bond acceptors (Lipinski definition) is 4. The molecule has 0 saturated carbocycles. The Morgan fingerprint density at radius 2 is 1.63 bits per heavy atom. The van der Waals surface area contributed by atoms with E-state index in [1.165, 1.54) is 11.9 Å². The molecule has 0 unspecified atom stereocenters. The van der Waals surface area contributed by atoms with Gasteiger partial charge in [-0.3, -0.25) is 24.1 Å². The van der Waals surface area contributed by atoms with Gasteiger partial charge in [-0.25, -0.2) is 0 Å². The minimum Gasteiger partial charge on any atom is -0.335 e. The molecule has 0 bridgehead atoms. The first-order chi connectivity index (χ1) is 12.9. The van der Waals surface area contributed by atoms with Crippen LogP contribution in [0.3, 0.4) is 0 Å². The Morgan fingerprint density at radius 1 is 1.07 bits per heavy atom. The van der Waals surface area contributed by atoms with Gasteiger partial charge in [0.25, 0.3) is 0 Å².